The molecule has 2 heterocycles. The number of aromatic nitrogens is 2. The molecule has 0 bridgehead atoms. The Bertz CT molecular complexity index is 992. The predicted octanol–water partition coefficient (Wildman–Crippen LogP) is 1.08. The first-order chi connectivity index (χ1) is 11.9. The summed E-state index contributed by atoms with van der Waals surface area (Å²) in [5, 5.41) is 0. The maximum atomic E-state index is 12.5. The van der Waals surface area contributed by atoms with Gasteiger partial charge in [0.05, 0.1) is 18.1 Å². The van der Waals surface area contributed by atoms with Crippen LogP contribution >= 0.6 is 15.9 Å². The van der Waals surface area contributed by atoms with E-state index in [-0.39, 0.29) is 29.5 Å². The number of nitrogens with one attached hydrogen (secondary N) is 2. The van der Waals surface area contributed by atoms with Crippen molar-refractivity contribution in [2.24, 2.45) is 5.73 Å². The average Bonchev–Trinajstić information content (AvgIpc) is 2.53. The highest BCUT2D eigenvalue weighted by Crippen LogP contribution is 2.41. The van der Waals surface area contributed by atoms with Crippen molar-refractivity contribution in [2.45, 2.75) is 12.8 Å². The van der Waals surface area contributed by atoms with Crippen LogP contribution in [0.1, 0.15) is 24.0 Å². The summed E-state index contributed by atoms with van der Waals surface area (Å²) in [6.07, 6.45) is 0. The molecule has 1 aromatic carbocycles. The Hall–Kier alpha value is -2.81. The molecule has 2 aromatic rings. The molecular weight excluding hydrogens is 394 g/mol. The Labute approximate surface area is 149 Å². The zero-order valence-corrected chi connectivity index (χ0v) is 14.7. The fourth-order valence-corrected chi connectivity index (χ4v) is 3.23. The van der Waals surface area contributed by atoms with E-state index in [2.05, 4.69) is 25.9 Å². The molecule has 1 aromatic heterocycles. The Morgan fingerprint density at radius 1 is 1.32 bits per heavy atom. The Balaban J connectivity index is 2.32. The zero-order chi connectivity index (χ0) is 18.1. The van der Waals surface area contributed by atoms with Crippen LogP contribution in [0.5, 0.6) is 5.88 Å². The van der Waals surface area contributed by atoms with Crippen LogP contribution in [0.4, 0.5) is 0 Å². The van der Waals surface area contributed by atoms with Gasteiger partial charge in [-0.15, -0.1) is 0 Å². The normalized spacial score (nSPS) is 16.2. The van der Waals surface area contributed by atoms with Crippen LogP contribution in [0.2, 0.25) is 0 Å². The van der Waals surface area contributed by atoms with Crippen molar-refractivity contribution >= 4 is 21.9 Å². The lowest BCUT2D eigenvalue weighted by molar-refractivity contribution is -0.139. The summed E-state index contributed by atoms with van der Waals surface area (Å²) in [7, 11) is 0. The highest BCUT2D eigenvalue weighted by Gasteiger charge is 2.39. The van der Waals surface area contributed by atoms with Crippen LogP contribution in [-0.4, -0.2) is 22.5 Å². The number of aromatic amines is 2. The SMILES string of the molecule is CCOC(=O)C1=C(N)Oc2[nH]c(=O)[nH]c(=O)c2[C@H]1c1ccccc1Br. The van der Waals surface area contributed by atoms with Gasteiger partial charge in [0, 0.05) is 4.47 Å². The van der Waals surface area contributed by atoms with Crippen LogP contribution < -0.4 is 21.7 Å². The van der Waals surface area contributed by atoms with Gasteiger partial charge in [-0.1, -0.05) is 34.1 Å². The molecule has 0 aliphatic carbocycles. The largest absolute Gasteiger partial charge is 0.462 e. The number of nitrogens with two attached hydrogens (primary N) is 1. The minimum atomic E-state index is -0.862. The molecule has 0 spiro atoms. The Morgan fingerprint density at radius 3 is 2.72 bits per heavy atom. The van der Waals surface area contributed by atoms with Gasteiger partial charge in [0.15, 0.2) is 0 Å². The third kappa shape index (κ3) is 2.98. The number of carbonyl (C=O) groups excluding carboxylic acids is 1. The minimum Gasteiger partial charge on any atom is -0.462 e. The fourth-order valence-electron chi connectivity index (χ4n) is 2.72. The van der Waals surface area contributed by atoms with E-state index < -0.39 is 23.1 Å². The lowest BCUT2D eigenvalue weighted by Crippen LogP contribution is -2.35. The summed E-state index contributed by atoms with van der Waals surface area (Å²) < 4.78 is 11.1. The van der Waals surface area contributed by atoms with Crippen molar-refractivity contribution in [1.82, 2.24) is 9.97 Å². The molecule has 130 valence electrons. The summed E-state index contributed by atoms with van der Waals surface area (Å²) in [6, 6.07) is 7.06. The molecule has 9 heteroatoms. The standard InChI is InChI=1S/C16H14BrN3O5/c1-2-24-15(22)10-9(7-5-3-4-6-8(7)17)11-13(21)19-16(23)20-14(11)25-12(10)18/h3-6,9H,2,18H2,1H3,(H2,19,20,21,23)/t9-/m0/s1. The quantitative estimate of drug-likeness (QED) is 0.653. The third-order valence-electron chi connectivity index (χ3n) is 3.71. The van der Waals surface area contributed by atoms with Gasteiger partial charge >= 0.3 is 11.7 Å². The predicted molar refractivity (Wildman–Crippen MR) is 92.1 cm³/mol. The van der Waals surface area contributed by atoms with Gasteiger partial charge < -0.3 is 15.2 Å². The van der Waals surface area contributed by atoms with Gasteiger partial charge in [0.2, 0.25) is 11.8 Å². The monoisotopic (exact) mass is 407 g/mol. The Kier molecular flexibility index (Phi) is 4.49. The van der Waals surface area contributed by atoms with Crippen LogP contribution in [0.3, 0.4) is 0 Å². The van der Waals surface area contributed by atoms with Crippen LogP contribution in [0.25, 0.3) is 0 Å². The third-order valence-corrected chi connectivity index (χ3v) is 4.43. The first-order valence-corrected chi connectivity index (χ1v) is 8.18. The molecule has 0 saturated carbocycles. The number of esters is 1. The first kappa shape index (κ1) is 17.0. The second kappa shape index (κ2) is 6.60. The van der Waals surface area contributed by atoms with Crippen molar-refractivity contribution in [3.63, 3.8) is 0 Å². The van der Waals surface area contributed by atoms with Gasteiger partial charge in [0.25, 0.3) is 5.56 Å². The van der Waals surface area contributed by atoms with E-state index in [4.69, 9.17) is 15.2 Å². The summed E-state index contributed by atoms with van der Waals surface area (Å²) >= 11 is 3.42. The number of halogens is 1. The molecule has 0 radical (unpaired) electrons. The maximum absolute atomic E-state index is 12.5. The van der Waals surface area contributed by atoms with E-state index in [9.17, 15) is 14.4 Å². The molecule has 1 aliphatic rings. The van der Waals surface area contributed by atoms with Gasteiger partial charge in [-0.25, -0.2) is 9.59 Å². The van der Waals surface area contributed by atoms with Crippen molar-refractivity contribution in [2.75, 3.05) is 6.61 Å². The molecule has 0 saturated heterocycles. The number of rotatable bonds is 3. The summed E-state index contributed by atoms with van der Waals surface area (Å²) in [5.41, 5.74) is 5.18. The summed E-state index contributed by atoms with van der Waals surface area (Å²) in [4.78, 5) is 41.0. The fraction of sp³-hybridized carbons (Fsp3) is 0.188. The molecular formula is C16H14BrN3O5. The van der Waals surface area contributed by atoms with E-state index >= 15 is 0 Å². The van der Waals surface area contributed by atoms with Crippen molar-refractivity contribution in [3.05, 3.63) is 72.2 Å². The summed E-state index contributed by atoms with van der Waals surface area (Å²) in [5.74, 6) is -1.89. The van der Waals surface area contributed by atoms with Crippen molar-refractivity contribution in [3.8, 4) is 5.88 Å². The Morgan fingerprint density at radius 2 is 2.04 bits per heavy atom. The molecule has 0 unspecified atom stereocenters. The van der Waals surface area contributed by atoms with Gasteiger partial charge in [-0.2, -0.15) is 0 Å². The highest BCUT2D eigenvalue weighted by atomic mass is 79.9. The van der Waals surface area contributed by atoms with Gasteiger partial charge in [-0.05, 0) is 18.6 Å². The van der Waals surface area contributed by atoms with E-state index in [1.807, 2.05) is 0 Å². The molecule has 1 aliphatic heterocycles. The highest BCUT2D eigenvalue weighted by molar-refractivity contribution is 9.10. The van der Waals surface area contributed by atoms with Gasteiger partial charge in [-0.3, -0.25) is 14.8 Å². The number of carbonyl (C=O) groups is 1. The zero-order valence-electron chi connectivity index (χ0n) is 13.1. The minimum absolute atomic E-state index is 0.00111. The maximum Gasteiger partial charge on any atom is 0.340 e. The molecule has 25 heavy (non-hydrogen) atoms. The molecule has 3 rings (SSSR count). The van der Waals surface area contributed by atoms with E-state index in [0.29, 0.717) is 10.0 Å². The lowest BCUT2D eigenvalue weighted by Gasteiger charge is -2.27. The van der Waals surface area contributed by atoms with Crippen LogP contribution in [0.15, 0.2) is 49.8 Å². The van der Waals surface area contributed by atoms with Gasteiger partial charge in [0.1, 0.15) is 5.57 Å². The molecule has 4 N–H and O–H groups in total. The van der Waals surface area contributed by atoms with Crippen molar-refractivity contribution in [1.29, 1.82) is 0 Å². The second-order valence-electron chi connectivity index (χ2n) is 5.21. The smallest absolute Gasteiger partial charge is 0.340 e. The molecule has 1 atom stereocenters. The van der Waals surface area contributed by atoms with Crippen LogP contribution in [0, 0.1) is 0 Å². The van der Waals surface area contributed by atoms with Crippen LogP contribution in [-0.2, 0) is 9.53 Å². The number of ether oxygens (including phenoxy) is 2. The number of hydrogen-bond donors (Lipinski definition) is 3. The summed E-state index contributed by atoms with van der Waals surface area (Å²) in [6.45, 7) is 1.79. The topological polar surface area (TPSA) is 127 Å². The lowest BCUT2D eigenvalue weighted by atomic mass is 9.84. The molecule has 0 fully saturated rings. The number of fused-ring (bicyclic) bond motifs is 1. The van der Waals surface area contributed by atoms with E-state index in [1.54, 1.807) is 31.2 Å². The van der Waals surface area contributed by atoms with Crippen molar-refractivity contribution < 1.29 is 14.3 Å². The second-order valence-corrected chi connectivity index (χ2v) is 6.06. The molecule has 8 nitrogen and oxygen atoms in total. The molecule has 0 amide bonds. The first-order valence-electron chi connectivity index (χ1n) is 7.39. The average molecular weight is 408 g/mol. The number of H-pyrrole nitrogens is 2. The number of benzene rings is 1. The van der Waals surface area contributed by atoms with E-state index in [1.165, 1.54) is 0 Å². The van der Waals surface area contributed by atoms with E-state index in [0.717, 1.165) is 0 Å². The number of hydrogen-bond acceptors (Lipinski definition) is 6.